The quantitative estimate of drug-likeness (QED) is 0.653. The van der Waals surface area contributed by atoms with Gasteiger partial charge in [-0.1, -0.05) is 22.9 Å². The fraction of sp³-hybridized carbons (Fsp3) is 1.00. The standard InChI is InChI=1S/C7H13BrO2S/c1-6(8)7-3-2-4-11(9,10)5-7/h6-7H,2-5H2,1H3. The van der Waals surface area contributed by atoms with Crippen molar-refractivity contribution in [1.82, 2.24) is 0 Å². The first-order valence-electron chi connectivity index (χ1n) is 3.86. The Morgan fingerprint density at radius 1 is 1.55 bits per heavy atom. The van der Waals surface area contributed by atoms with Gasteiger partial charge >= 0.3 is 0 Å². The Labute approximate surface area is 76.4 Å². The molecule has 0 aromatic carbocycles. The van der Waals surface area contributed by atoms with Crippen molar-refractivity contribution in [2.24, 2.45) is 5.92 Å². The summed E-state index contributed by atoms with van der Waals surface area (Å²) in [7, 11) is -2.71. The molecule has 0 aromatic rings. The summed E-state index contributed by atoms with van der Waals surface area (Å²) in [6, 6.07) is 0. The molecule has 0 aliphatic carbocycles. The number of hydrogen-bond acceptors (Lipinski definition) is 2. The second-order valence-electron chi connectivity index (χ2n) is 3.19. The highest BCUT2D eigenvalue weighted by Crippen LogP contribution is 2.25. The molecule has 1 fully saturated rings. The highest BCUT2D eigenvalue weighted by Gasteiger charge is 2.27. The molecule has 2 atom stereocenters. The summed E-state index contributed by atoms with van der Waals surface area (Å²) in [5.74, 6) is 1.09. The number of halogens is 1. The first-order valence-corrected chi connectivity index (χ1v) is 6.59. The van der Waals surface area contributed by atoms with Gasteiger partial charge in [-0.2, -0.15) is 0 Å². The van der Waals surface area contributed by atoms with Crippen LogP contribution in [0.15, 0.2) is 0 Å². The normalized spacial score (nSPS) is 33.1. The lowest BCUT2D eigenvalue weighted by atomic mass is 10.0. The van der Waals surface area contributed by atoms with E-state index in [-0.39, 0.29) is 0 Å². The Morgan fingerprint density at radius 2 is 2.18 bits per heavy atom. The van der Waals surface area contributed by atoms with Crippen LogP contribution in [0.2, 0.25) is 0 Å². The van der Waals surface area contributed by atoms with Crippen LogP contribution in [0.3, 0.4) is 0 Å². The third-order valence-electron chi connectivity index (χ3n) is 2.15. The summed E-state index contributed by atoms with van der Waals surface area (Å²) < 4.78 is 22.3. The molecule has 0 N–H and O–H groups in total. The van der Waals surface area contributed by atoms with Crippen LogP contribution < -0.4 is 0 Å². The van der Waals surface area contributed by atoms with Crippen molar-refractivity contribution >= 4 is 25.8 Å². The van der Waals surface area contributed by atoms with E-state index < -0.39 is 9.84 Å². The van der Waals surface area contributed by atoms with E-state index in [1.807, 2.05) is 6.92 Å². The molecule has 0 amide bonds. The summed E-state index contributed by atoms with van der Waals surface area (Å²) in [5, 5.41) is 0. The zero-order valence-electron chi connectivity index (χ0n) is 6.59. The molecule has 1 aliphatic rings. The van der Waals surface area contributed by atoms with Crippen LogP contribution in [0.1, 0.15) is 19.8 Å². The molecule has 1 aliphatic heterocycles. The van der Waals surface area contributed by atoms with E-state index in [4.69, 9.17) is 0 Å². The summed E-state index contributed by atoms with van der Waals surface area (Å²) in [6.45, 7) is 2.02. The fourth-order valence-corrected chi connectivity index (χ4v) is 4.00. The molecular weight excluding hydrogens is 228 g/mol. The van der Waals surface area contributed by atoms with Gasteiger partial charge in [0, 0.05) is 4.83 Å². The minimum atomic E-state index is -2.71. The van der Waals surface area contributed by atoms with Gasteiger partial charge in [0.1, 0.15) is 0 Å². The largest absolute Gasteiger partial charge is 0.229 e. The second-order valence-corrected chi connectivity index (χ2v) is 6.87. The van der Waals surface area contributed by atoms with E-state index in [9.17, 15) is 8.42 Å². The maximum atomic E-state index is 11.1. The topological polar surface area (TPSA) is 34.1 Å². The third kappa shape index (κ3) is 2.75. The van der Waals surface area contributed by atoms with Crippen LogP contribution in [-0.4, -0.2) is 24.8 Å². The molecule has 11 heavy (non-hydrogen) atoms. The van der Waals surface area contributed by atoms with E-state index in [2.05, 4.69) is 15.9 Å². The fourth-order valence-electron chi connectivity index (χ4n) is 1.42. The van der Waals surface area contributed by atoms with Crippen molar-refractivity contribution in [3.63, 3.8) is 0 Å². The van der Waals surface area contributed by atoms with E-state index in [0.717, 1.165) is 12.8 Å². The molecule has 1 rings (SSSR count). The molecule has 0 spiro atoms. The molecule has 0 bridgehead atoms. The van der Waals surface area contributed by atoms with Gasteiger partial charge in [-0.15, -0.1) is 0 Å². The highest BCUT2D eigenvalue weighted by atomic mass is 79.9. The number of hydrogen-bond donors (Lipinski definition) is 0. The Bertz CT molecular complexity index is 221. The molecule has 66 valence electrons. The minimum absolute atomic E-state index is 0.328. The Balaban J connectivity index is 2.61. The first-order chi connectivity index (χ1) is 5.01. The minimum Gasteiger partial charge on any atom is -0.229 e. The Morgan fingerprint density at radius 3 is 2.55 bits per heavy atom. The average molecular weight is 241 g/mol. The van der Waals surface area contributed by atoms with Gasteiger partial charge in [-0.25, -0.2) is 8.42 Å². The van der Waals surface area contributed by atoms with Gasteiger partial charge in [0.2, 0.25) is 0 Å². The number of alkyl halides is 1. The van der Waals surface area contributed by atoms with Crippen LogP contribution in [0.5, 0.6) is 0 Å². The van der Waals surface area contributed by atoms with E-state index in [1.165, 1.54) is 0 Å². The number of rotatable bonds is 1. The molecule has 0 saturated carbocycles. The molecule has 0 radical (unpaired) electrons. The van der Waals surface area contributed by atoms with Gasteiger partial charge in [0.25, 0.3) is 0 Å². The SMILES string of the molecule is CC(Br)C1CCCS(=O)(=O)C1. The summed E-state index contributed by atoms with van der Waals surface area (Å²) in [5.41, 5.74) is 0. The third-order valence-corrected chi connectivity index (χ3v) is 4.74. The van der Waals surface area contributed by atoms with Gasteiger partial charge in [0.05, 0.1) is 11.5 Å². The van der Waals surface area contributed by atoms with Crippen LogP contribution in [-0.2, 0) is 9.84 Å². The monoisotopic (exact) mass is 240 g/mol. The maximum Gasteiger partial charge on any atom is 0.150 e. The molecule has 1 heterocycles. The van der Waals surface area contributed by atoms with E-state index in [1.54, 1.807) is 0 Å². The number of sulfone groups is 1. The van der Waals surface area contributed by atoms with Crippen molar-refractivity contribution in [2.75, 3.05) is 11.5 Å². The van der Waals surface area contributed by atoms with Crippen molar-refractivity contribution in [1.29, 1.82) is 0 Å². The molecule has 2 unspecified atom stereocenters. The zero-order chi connectivity index (χ0) is 8.48. The van der Waals surface area contributed by atoms with Crippen molar-refractivity contribution in [3.05, 3.63) is 0 Å². The summed E-state index contributed by atoms with van der Waals surface area (Å²) >= 11 is 3.42. The van der Waals surface area contributed by atoms with Gasteiger partial charge < -0.3 is 0 Å². The molecule has 2 nitrogen and oxygen atoms in total. The van der Waals surface area contributed by atoms with Crippen LogP contribution in [0.25, 0.3) is 0 Å². The lowest BCUT2D eigenvalue weighted by Crippen LogP contribution is -2.29. The smallest absolute Gasteiger partial charge is 0.150 e. The highest BCUT2D eigenvalue weighted by molar-refractivity contribution is 9.09. The van der Waals surface area contributed by atoms with E-state index in [0.29, 0.717) is 22.3 Å². The predicted octanol–water partition coefficient (Wildman–Crippen LogP) is 1.59. The average Bonchev–Trinajstić information content (AvgIpc) is 1.85. The predicted molar refractivity (Wildman–Crippen MR) is 49.8 cm³/mol. The van der Waals surface area contributed by atoms with Crippen molar-refractivity contribution in [3.8, 4) is 0 Å². The van der Waals surface area contributed by atoms with Crippen molar-refractivity contribution in [2.45, 2.75) is 24.6 Å². The zero-order valence-corrected chi connectivity index (χ0v) is 8.99. The van der Waals surface area contributed by atoms with Crippen molar-refractivity contribution < 1.29 is 8.42 Å². The molecule has 0 aromatic heterocycles. The van der Waals surface area contributed by atoms with Gasteiger partial charge in [-0.05, 0) is 18.8 Å². The molecule has 4 heteroatoms. The van der Waals surface area contributed by atoms with Gasteiger partial charge in [-0.3, -0.25) is 0 Å². The summed E-state index contributed by atoms with van der Waals surface area (Å²) in [4.78, 5) is 0.331. The Hall–Kier alpha value is 0.430. The molecular formula is C7H13BrO2S. The van der Waals surface area contributed by atoms with E-state index >= 15 is 0 Å². The lowest BCUT2D eigenvalue weighted by molar-refractivity contribution is 0.486. The second kappa shape index (κ2) is 3.44. The van der Waals surface area contributed by atoms with Crippen LogP contribution in [0.4, 0.5) is 0 Å². The van der Waals surface area contributed by atoms with Crippen LogP contribution in [0, 0.1) is 5.92 Å². The maximum absolute atomic E-state index is 11.1. The lowest BCUT2D eigenvalue weighted by Gasteiger charge is -2.23. The first kappa shape index (κ1) is 9.52. The van der Waals surface area contributed by atoms with Gasteiger partial charge in [0.15, 0.2) is 9.84 Å². The Kier molecular flexibility index (Phi) is 2.97. The molecule has 1 saturated heterocycles. The summed E-state index contributed by atoms with van der Waals surface area (Å²) in [6.07, 6.45) is 1.88. The van der Waals surface area contributed by atoms with Crippen LogP contribution >= 0.6 is 15.9 Å².